The normalized spacial score (nSPS) is 30.6. The van der Waals surface area contributed by atoms with Crippen LogP contribution in [0.1, 0.15) is 33.2 Å². The smallest absolute Gasteiger partial charge is 0.386 e. The van der Waals surface area contributed by atoms with Gasteiger partial charge in [-0.2, -0.15) is 9.97 Å². The number of nitrogens with two attached hydrogens (primary N) is 1. The molecule has 7 heterocycles. The highest BCUT2D eigenvalue weighted by Gasteiger charge is 2.55. The summed E-state index contributed by atoms with van der Waals surface area (Å²) in [5.41, 5.74) is 6.79. The van der Waals surface area contributed by atoms with Gasteiger partial charge in [0, 0.05) is 5.56 Å². The van der Waals surface area contributed by atoms with Crippen LogP contribution in [0.2, 0.25) is 5.28 Å². The second kappa shape index (κ2) is 16.6. The van der Waals surface area contributed by atoms with Crippen molar-refractivity contribution in [2.45, 2.75) is 49.1 Å². The van der Waals surface area contributed by atoms with E-state index in [1.807, 2.05) is 0 Å². The fraction of sp³-hybridized carbons (Fsp3) is 0.294. The standard InChI is InChI=1S/C34H30ClFN10O11P2S2/c35-34-42-26(37)21-29(44-34)46(14-40-21)31-20(36)23-18(53-31)11-51-59(50,61)57-24-19(12-52-58(49,60)56-23)54-32(25(24)55-33(48)17-9-5-2-6-10-17)45-15-41-22-27(38-13-39-28(22)45)43-30(47)16-7-3-1-4-8-16/h1-10,13-15,18-20,23-25,31-32H,11-12H2,(H,49,60)(H,50,61)(H2,37,42,44)(H,38,39,43,47)/t18-,19-,20-,23?,24?,25+,31-,32-,58?,59?/m1/s1. The number of halogens is 2. The summed E-state index contributed by atoms with van der Waals surface area (Å²) in [5, 5.41) is 2.47. The van der Waals surface area contributed by atoms with Crippen LogP contribution in [0.3, 0.4) is 0 Å². The van der Waals surface area contributed by atoms with Gasteiger partial charge in [0.2, 0.25) is 5.28 Å². The quantitative estimate of drug-likeness (QED) is 0.0771. The third kappa shape index (κ3) is 8.39. The van der Waals surface area contributed by atoms with Gasteiger partial charge in [-0.05, 0) is 47.7 Å². The van der Waals surface area contributed by atoms with Crippen LogP contribution in [0.15, 0.2) is 79.6 Å². The molecule has 4 unspecified atom stereocenters. The Morgan fingerprint density at radius 2 is 1.52 bits per heavy atom. The van der Waals surface area contributed by atoms with Gasteiger partial charge in [-0.3, -0.25) is 27.5 Å². The minimum Gasteiger partial charge on any atom is -0.451 e. The molecular formula is C34H30ClFN10O11P2S2. The molecule has 21 nitrogen and oxygen atoms in total. The average molecular weight is 935 g/mol. The zero-order valence-electron chi connectivity index (χ0n) is 30.7. The van der Waals surface area contributed by atoms with Crippen molar-refractivity contribution in [2.24, 2.45) is 0 Å². The molecule has 0 spiro atoms. The van der Waals surface area contributed by atoms with Gasteiger partial charge in [-0.15, -0.1) is 0 Å². The number of imidazole rings is 2. The summed E-state index contributed by atoms with van der Waals surface area (Å²) in [6.45, 7) is -10.3. The monoisotopic (exact) mass is 934 g/mol. The second-order valence-electron chi connectivity index (χ2n) is 13.5. The topological polar surface area (TPSA) is 261 Å². The lowest BCUT2D eigenvalue weighted by molar-refractivity contribution is -0.0590. The molecule has 2 aromatic carbocycles. The fourth-order valence-electron chi connectivity index (χ4n) is 6.96. The predicted molar refractivity (Wildman–Crippen MR) is 218 cm³/mol. The number of nitrogens with one attached hydrogen (secondary N) is 1. The number of alkyl halides is 1. The maximum absolute atomic E-state index is 16.4. The molecule has 3 aliphatic rings. The first-order chi connectivity index (χ1) is 29.2. The first-order valence-electron chi connectivity index (χ1n) is 18.0. The Morgan fingerprint density at radius 3 is 2.26 bits per heavy atom. The van der Waals surface area contributed by atoms with Crippen molar-refractivity contribution in [1.82, 2.24) is 39.0 Å². The van der Waals surface area contributed by atoms with Crippen molar-refractivity contribution in [1.29, 1.82) is 0 Å². The van der Waals surface area contributed by atoms with Gasteiger partial charge in [-0.1, -0.05) is 48.6 Å². The Balaban J connectivity index is 1.04. The van der Waals surface area contributed by atoms with Gasteiger partial charge in [0.1, 0.15) is 36.3 Å². The number of nitrogen functional groups attached to an aromatic ring is 1. The van der Waals surface area contributed by atoms with Crippen LogP contribution in [0.4, 0.5) is 16.0 Å². The van der Waals surface area contributed by atoms with Gasteiger partial charge in [0.15, 0.2) is 53.2 Å². The molecule has 318 valence electrons. The van der Waals surface area contributed by atoms with E-state index < -0.39 is 87.8 Å². The lowest BCUT2D eigenvalue weighted by Gasteiger charge is -2.30. The van der Waals surface area contributed by atoms with Crippen LogP contribution < -0.4 is 11.1 Å². The molecule has 0 radical (unpaired) electrons. The van der Waals surface area contributed by atoms with E-state index in [4.69, 9.17) is 61.4 Å². The Hall–Kier alpha value is -4.55. The highest BCUT2D eigenvalue weighted by molar-refractivity contribution is 8.44. The Bertz CT molecular complexity index is 2750. The van der Waals surface area contributed by atoms with Gasteiger partial charge in [-0.25, -0.2) is 33.7 Å². The molecule has 0 saturated carbocycles. The van der Waals surface area contributed by atoms with E-state index in [9.17, 15) is 19.0 Å². The van der Waals surface area contributed by atoms with Crippen LogP contribution >= 0.6 is 37.4 Å². The highest BCUT2D eigenvalue weighted by Crippen LogP contribution is 2.59. The van der Waals surface area contributed by atoms with Gasteiger partial charge >= 0.3 is 19.5 Å². The number of hydrogen-bond donors (Lipinski definition) is 4. The maximum Gasteiger partial charge on any atom is 0.386 e. The number of hydrogen-bond acceptors (Lipinski definition) is 18. The molecule has 1 amide bonds. The van der Waals surface area contributed by atoms with Crippen LogP contribution in [-0.2, 0) is 48.7 Å². The van der Waals surface area contributed by atoms with Gasteiger partial charge in [0.05, 0.1) is 31.4 Å². The maximum atomic E-state index is 16.4. The summed E-state index contributed by atoms with van der Waals surface area (Å²) in [6.07, 6.45) is -8.81. The minimum absolute atomic E-state index is 0.0205. The number of ether oxygens (including phenoxy) is 3. The summed E-state index contributed by atoms with van der Waals surface area (Å²) >= 11 is 15.6. The third-order valence-electron chi connectivity index (χ3n) is 9.71. The molecule has 0 bridgehead atoms. The zero-order valence-corrected chi connectivity index (χ0v) is 35.0. The largest absolute Gasteiger partial charge is 0.451 e. The number of thiol groups is 1. The van der Waals surface area contributed by atoms with E-state index in [0.29, 0.717) is 5.56 Å². The molecule has 27 heteroatoms. The summed E-state index contributed by atoms with van der Waals surface area (Å²) in [5.74, 6) is -1.33. The van der Waals surface area contributed by atoms with E-state index in [1.165, 1.54) is 40.2 Å². The number of esters is 1. The van der Waals surface area contributed by atoms with Crippen molar-refractivity contribution in [3.05, 3.63) is 96.1 Å². The number of carbonyl (C=O) groups is 2. The number of aromatic nitrogens is 8. The molecule has 61 heavy (non-hydrogen) atoms. The SMILES string of the molecule is Nc1nc(Cl)nc2c1ncn2[C@@H]1O[C@@H]2COP(=O)(S)OC3[C@@H](COP(O)(=S)OC2[C@H]1F)O[C@@H](n1cnc2c(NC(=O)c4ccccc4)ncnc21)[C@H]3OC(=O)c1ccccc1. The molecule has 4 N–H and O–H groups in total. The van der Waals surface area contributed by atoms with Crippen molar-refractivity contribution >= 4 is 95.0 Å². The van der Waals surface area contributed by atoms with E-state index in [-0.39, 0.29) is 44.8 Å². The molecule has 3 fully saturated rings. The lowest BCUT2D eigenvalue weighted by atomic mass is 10.1. The summed E-state index contributed by atoms with van der Waals surface area (Å²) in [6, 6.07) is 16.4. The second-order valence-corrected chi connectivity index (χ2v) is 19.6. The lowest BCUT2D eigenvalue weighted by Crippen LogP contribution is -2.40. The zero-order chi connectivity index (χ0) is 42.6. The summed E-state index contributed by atoms with van der Waals surface area (Å²) in [4.78, 5) is 63.2. The molecule has 10 atom stereocenters. The molecule has 6 aromatic rings. The molecule has 3 aliphatic heterocycles. The molecule has 3 saturated heterocycles. The average Bonchev–Trinajstić information content (AvgIpc) is 4.01. The first kappa shape index (κ1) is 41.8. The Kier molecular flexibility index (Phi) is 11.4. The summed E-state index contributed by atoms with van der Waals surface area (Å²) in [7, 11) is 0. The summed E-state index contributed by atoms with van der Waals surface area (Å²) < 4.78 is 74.7. The molecule has 9 rings (SSSR count). The molecular weight excluding hydrogens is 905 g/mol. The number of amides is 1. The van der Waals surface area contributed by atoms with E-state index >= 15 is 4.39 Å². The molecule has 4 aromatic heterocycles. The van der Waals surface area contributed by atoms with Crippen LogP contribution in [0.25, 0.3) is 22.3 Å². The number of anilines is 2. The Labute approximate surface area is 358 Å². The van der Waals surface area contributed by atoms with E-state index in [2.05, 4.69) is 47.5 Å². The minimum atomic E-state index is -4.54. The van der Waals surface area contributed by atoms with Crippen molar-refractivity contribution in [3.63, 3.8) is 0 Å². The molecule has 0 aliphatic carbocycles. The first-order valence-corrected chi connectivity index (χ1v) is 23.6. The van der Waals surface area contributed by atoms with Crippen molar-refractivity contribution in [2.75, 3.05) is 24.3 Å². The van der Waals surface area contributed by atoms with E-state index in [1.54, 1.807) is 48.5 Å². The highest BCUT2D eigenvalue weighted by atomic mass is 35.5. The number of nitrogens with zero attached hydrogens (tertiary/aromatic N) is 8. The van der Waals surface area contributed by atoms with Crippen molar-refractivity contribution < 1.29 is 55.7 Å². The van der Waals surface area contributed by atoms with E-state index in [0.717, 1.165) is 0 Å². The van der Waals surface area contributed by atoms with Crippen LogP contribution in [0.5, 0.6) is 0 Å². The third-order valence-corrected chi connectivity index (χ3v) is 13.1. The number of rotatable bonds is 6. The number of benzene rings is 2. The van der Waals surface area contributed by atoms with Crippen molar-refractivity contribution in [3.8, 4) is 0 Å². The van der Waals surface area contributed by atoms with Gasteiger partial charge < -0.3 is 34.7 Å². The number of fused-ring (bicyclic) bond motifs is 4. The predicted octanol–water partition coefficient (Wildman–Crippen LogP) is 4.58. The Morgan fingerprint density at radius 1 is 0.885 bits per heavy atom. The fourth-order valence-corrected chi connectivity index (χ4v) is 10.1. The van der Waals surface area contributed by atoms with Crippen LogP contribution in [0, 0.1) is 0 Å². The van der Waals surface area contributed by atoms with Gasteiger partial charge in [0.25, 0.3) is 5.91 Å². The number of carbonyl (C=O) groups excluding carboxylic acids is 2. The van der Waals surface area contributed by atoms with Crippen LogP contribution in [-0.4, -0.2) is 106 Å².